The zero-order chi connectivity index (χ0) is 13.8. The van der Waals surface area contributed by atoms with Crippen molar-refractivity contribution < 1.29 is 0 Å². The van der Waals surface area contributed by atoms with E-state index in [1.54, 1.807) is 0 Å². The molecule has 1 heteroatoms. The fourth-order valence-corrected chi connectivity index (χ4v) is 2.80. The van der Waals surface area contributed by atoms with Crippen LogP contribution in [0.3, 0.4) is 0 Å². The Morgan fingerprint density at radius 3 is 2.45 bits per heavy atom. The number of rotatable bonds is 5. The topological polar surface area (TPSA) is 12.0 Å². The molecule has 0 spiro atoms. The van der Waals surface area contributed by atoms with Crippen LogP contribution < -0.4 is 5.32 Å². The van der Waals surface area contributed by atoms with Crippen molar-refractivity contribution in [3.05, 3.63) is 59.7 Å². The summed E-state index contributed by atoms with van der Waals surface area (Å²) in [6.45, 7) is 4.12. The average molecular weight is 265 g/mol. The standard InChI is InChI=1S/C19H23N/c1-2-20-14-15-9-11-17(12-10-15)19-8-4-7-18(13-19)16-5-3-6-16/h4,7-13,16,20H,2-3,5-6,14H2,1H3. The van der Waals surface area contributed by atoms with Crippen LogP contribution >= 0.6 is 0 Å². The second-order valence-electron chi connectivity index (χ2n) is 5.73. The minimum atomic E-state index is 0.808. The smallest absolute Gasteiger partial charge is 0.0205 e. The third-order valence-corrected chi connectivity index (χ3v) is 4.33. The largest absolute Gasteiger partial charge is 0.313 e. The highest BCUT2D eigenvalue weighted by molar-refractivity contribution is 5.64. The summed E-state index contributed by atoms with van der Waals surface area (Å²) in [5, 5.41) is 3.36. The molecule has 0 saturated heterocycles. The van der Waals surface area contributed by atoms with E-state index in [-0.39, 0.29) is 0 Å². The number of hydrogen-bond donors (Lipinski definition) is 1. The third kappa shape index (κ3) is 2.94. The molecule has 2 aromatic rings. The normalized spacial score (nSPS) is 15.1. The highest BCUT2D eigenvalue weighted by Gasteiger charge is 2.19. The van der Waals surface area contributed by atoms with Gasteiger partial charge in [-0.25, -0.2) is 0 Å². The predicted octanol–water partition coefficient (Wildman–Crippen LogP) is 4.73. The molecule has 3 rings (SSSR count). The predicted molar refractivity (Wildman–Crippen MR) is 85.9 cm³/mol. The summed E-state index contributed by atoms with van der Waals surface area (Å²) in [6.07, 6.45) is 4.13. The third-order valence-electron chi connectivity index (χ3n) is 4.33. The van der Waals surface area contributed by atoms with Crippen molar-refractivity contribution in [1.29, 1.82) is 0 Å². The van der Waals surface area contributed by atoms with Crippen LogP contribution in [0, 0.1) is 0 Å². The van der Waals surface area contributed by atoms with Crippen LogP contribution in [0.2, 0.25) is 0 Å². The van der Waals surface area contributed by atoms with E-state index < -0.39 is 0 Å². The highest BCUT2D eigenvalue weighted by Crippen LogP contribution is 2.37. The lowest BCUT2D eigenvalue weighted by molar-refractivity contribution is 0.420. The van der Waals surface area contributed by atoms with E-state index >= 15 is 0 Å². The average Bonchev–Trinajstić information content (AvgIpc) is 2.44. The van der Waals surface area contributed by atoms with Crippen molar-refractivity contribution in [2.75, 3.05) is 6.54 Å². The first-order valence-electron chi connectivity index (χ1n) is 7.77. The maximum Gasteiger partial charge on any atom is 0.0205 e. The van der Waals surface area contributed by atoms with Gasteiger partial charge < -0.3 is 5.32 Å². The van der Waals surface area contributed by atoms with Crippen LogP contribution in [0.1, 0.15) is 43.2 Å². The molecule has 0 heterocycles. The van der Waals surface area contributed by atoms with Crippen molar-refractivity contribution in [3.8, 4) is 11.1 Å². The van der Waals surface area contributed by atoms with Gasteiger partial charge in [0, 0.05) is 6.54 Å². The summed E-state index contributed by atoms with van der Waals surface area (Å²) in [4.78, 5) is 0. The van der Waals surface area contributed by atoms with E-state index in [0.717, 1.165) is 19.0 Å². The molecule has 1 N–H and O–H groups in total. The molecule has 0 aliphatic heterocycles. The van der Waals surface area contributed by atoms with Crippen molar-refractivity contribution in [2.45, 2.75) is 38.6 Å². The Bertz CT molecular complexity index is 552. The molecule has 0 aromatic heterocycles. The first kappa shape index (κ1) is 13.4. The van der Waals surface area contributed by atoms with Crippen molar-refractivity contribution in [3.63, 3.8) is 0 Å². The quantitative estimate of drug-likeness (QED) is 0.824. The summed E-state index contributed by atoms with van der Waals surface area (Å²) in [6, 6.07) is 18.0. The lowest BCUT2D eigenvalue weighted by Gasteiger charge is -2.26. The summed E-state index contributed by atoms with van der Waals surface area (Å²) in [5.41, 5.74) is 5.55. The Labute approximate surface area is 122 Å². The molecular weight excluding hydrogens is 242 g/mol. The SMILES string of the molecule is CCNCc1ccc(-c2cccc(C3CCC3)c2)cc1. The minimum Gasteiger partial charge on any atom is -0.313 e. The zero-order valence-corrected chi connectivity index (χ0v) is 12.2. The van der Waals surface area contributed by atoms with Crippen LogP contribution in [-0.4, -0.2) is 6.54 Å². The van der Waals surface area contributed by atoms with E-state index in [4.69, 9.17) is 0 Å². The van der Waals surface area contributed by atoms with E-state index in [0.29, 0.717) is 0 Å². The number of benzene rings is 2. The van der Waals surface area contributed by atoms with Gasteiger partial charge in [-0.05, 0) is 47.6 Å². The van der Waals surface area contributed by atoms with Crippen LogP contribution in [0.25, 0.3) is 11.1 Å². The molecule has 104 valence electrons. The van der Waals surface area contributed by atoms with E-state index in [2.05, 4.69) is 60.8 Å². The molecule has 1 fully saturated rings. The molecular formula is C19H23N. The van der Waals surface area contributed by atoms with E-state index in [1.807, 2.05) is 0 Å². The second kappa shape index (κ2) is 6.23. The fourth-order valence-electron chi connectivity index (χ4n) is 2.80. The van der Waals surface area contributed by atoms with Crippen LogP contribution in [-0.2, 0) is 6.54 Å². The first-order valence-corrected chi connectivity index (χ1v) is 7.77. The molecule has 20 heavy (non-hydrogen) atoms. The molecule has 0 unspecified atom stereocenters. The molecule has 0 atom stereocenters. The van der Waals surface area contributed by atoms with Gasteiger partial charge in [-0.2, -0.15) is 0 Å². The minimum absolute atomic E-state index is 0.808. The molecule has 0 bridgehead atoms. The maximum absolute atomic E-state index is 3.36. The number of hydrogen-bond acceptors (Lipinski definition) is 1. The van der Waals surface area contributed by atoms with Gasteiger partial charge in [0.25, 0.3) is 0 Å². The Kier molecular flexibility index (Phi) is 4.17. The van der Waals surface area contributed by atoms with Gasteiger partial charge in [0.1, 0.15) is 0 Å². The lowest BCUT2D eigenvalue weighted by Crippen LogP contribution is -2.11. The lowest BCUT2D eigenvalue weighted by atomic mass is 9.79. The van der Waals surface area contributed by atoms with Crippen molar-refractivity contribution in [1.82, 2.24) is 5.32 Å². The summed E-state index contributed by atoms with van der Waals surface area (Å²) in [5.74, 6) is 0.808. The maximum atomic E-state index is 3.36. The summed E-state index contributed by atoms with van der Waals surface area (Å²) >= 11 is 0. The molecule has 1 aliphatic rings. The van der Waals surface area contributed by atoms with Gasteiger partial charge in [0.2, 0.25) is 0 Å². The van der Waals surface area contributed by atoms with E-state index in [1.165, 1.54) is 41.5 Å². The monoisotopic (exact) mass is 265 g/mol. The van der Waals surface area contributed by atoms with E-state index in [9.17, 15) is 0 Å². The molecule has 0 amide bonds. The highest BCUT2D eigenvalue weighted by atomic mass is 14.8. The Morgan fingerprint density at radius 1 is 1.00 bits per heavy atom. The number of nitrogens with one attached hydrogen (secondary N) is 1. The summed E-state index contributed by atoms with van der Waals surface area (Å²) < 4.78 is 0. The molecule has 1 aliphatic carbocycles. The Balaban J connectivity index is 1.77. The van der Waals surface area contributed by atoms with Gasteiger partial charge in [0.05, 0.1) is 0 Å². The molecule has 0 radical (unpaired) electrons. The van der Waals surface area contributed by atoms with Crippen molar-refractivity contribution >= 4 is 0 Å². The molecule has 2 aromatic carbocycles. The van der Waals surface area contributed by atoms with Gasteiger partial charge in [-0.15, -0.1) is 0 Å². The van der Waals surface area contributed by atoms with Gasteiger partial charge in [-0.1, -0.05) is 61.9 Å². The zero-order valence-electron chi connectivity index (χ0n) is 12.2. The van der Waals surface area contributed by atoms with Gasteiger partial charge in [0.15, 0.2) is 0 Å². The summed E-state index contributed by atoms with van der Waals surface area (Å²) in [7, 11) is 0. The van der Waals surface area contributed by atoms with Crippen LogP contribution in [0.5, 0.6) is 0 Å². The first-order chi connectivity index (χ1) is 9.86. The van der Waals surface area contributed by atoms with Crippen molar-refractivity contribution in [2.24, 2.45) is 0 Å². The van der Waals surface area contributed by atoms with Gasteiger partial charge >= 0.3 is 0 Å². The Morgan fingerprint density at radius 2 is 1.80 bits per heavy atom. The van der Waals surface area contributed by atoms with Gasteiger partial charge in [-0.3, -0.25) is 0 Å². The second-order valence-corrected chi connectivity index (χ2v) is 5.73. The van der Waals surface area contributed by atoms with Crippen LogP contribution in [0.15, 0.2) is 48.5 Å². The molecule has 1 nitrogen and oxygen atoms in total. The van der Waals surface area contributed by atoms with Crippen LogP contribution in [0.4, 0.5) is 0 Å². The molecule has 1 saturated carbocycles. The fraction of sp³-hybridized carbons (Fsp3) is 0.368. The Hall–Kier alpha value is -1.60.